The average molecular weight is 433 g/mol. The quantitative estimate of drug-likeness (QED) is 0.726. The van der Waals surface area contributed by atoms with Crippen molar-refractivity contribution in [2.75, 3.05) is 26.2 Å². The lowest BCUT2D eigenvalue weighted by atomic mass is 9.86. The summed E-state index contributed by atoms with van der Waals surface area (Å²) >= 11 is 0. The van der Waals surface area contributed by atoms with Crippen LogP contribution in [0.15, 0.2) is 53.4 Å². The van der Waals surface area contributed by atoms with E-state index in [-0.39, 0.29) is 29.3 Å². The van der Waals surface area contributed by atoms with Gasteiger partial charge in [-0.15, -0.1) is 0 Å². The van der Waals surface area contributed by atoms with Crippen LogP contribution in [-0.2, 0) is 26.7 Å². The molecule has 30 heavy (non-hydrogen) atoms. The van der Waals surface area contributed by atoms with E-state index in [1.54, 1.807) is 4.90 Å². The van der Waals surface area contributed by atoms with Crippen LogP contribution in [0.5, 0.6) is 0 Å². The Morgan fingerprint density at radius 3 is 2.13 bits per heavy atom. The number of rotatable bonds is 5. The van der Waals surface area contributed by atoms with E-state index in [0.29, 0.717) is 25.9 Å². The predicted octanol–water partition coefficient (Wildman–Crippen LogP) is 3.59. The van der Waals surface area contributed by atoms with Gasteiger partial charge >= 0.3 is 0 Å². The highest BCUT2D eigenvalue weighted by Gasteiger charge is 2.31. The Labute approximate surface area is 178 Å². The highest BCUT2D eigenvalue weighted by atomic mass is 32.2. The second kappa shape index (κ2) is 8.86. The van der Waals surface area contributed by atoms with E-state index in [1.807, 2.05) is 0 Å². The fourth-order valence-electron chi connectivity index (χ4n) is 3.55. The molecule has 7 heteroatoms. The van der Waals surface area contributed by atoms with Crippen molar-refractivity contribution in [2.45, 2.75) is 43.9 Å². The van der Waals surface area contributed by atoms with Crippen molar-refractivity contribution in [1.82, 2.24) is 9.21 Å². The number of hydrogen-bond acceptors (Lipinski definition) is 3. The fourth-order valence-corrected chi connectivity index (χ4v) is 5.04. The second-order valence-corrected chi connectivity index (χ2v) is 10.6. The Bertz CT molecular complexity index is 990. The molecule has 0 spiro atoms. The molecule has 1 amide bonds. The summed E-state index contributed by atoms with van der Waals surface area (Å²) in [4.78, 5) is 14.0. The van der Waals surface area contributed by atoms with Crippen molar-refractivity contribution in [3.63, 3.8) is 0 Å². The minimum atomic E-state index is -3.89. The first kappa shape index (κ1) is 22.4. The molecule has 1 heterocycles. The molecule has 0 atom stereocenters. The Morgan fingerprint density at radius 2 is 1.57 bits per heavy atom. The molecule has 0 radical (unpaired) electrons. The van der Waals surface area contributed by atoms with Gasteiger partial charge in [-0.25, -0.2) is 12.8 Å². The van der Waals surface area contributed by atoms with E-state index in [2.05, 4.69) is 45.0 Å². The molecule has 0 aliphatic carbocycles. The largest absolute Gasteiger partial charge is 0.340 e. The minimum Gasteiger partial charge on any atom is -0.340 e. The average Bonchev–Trinajstić information content (AvgIpc) is 2.72. The predicted molar refractivity (Wildman–Crippen MR) is 115 cm³/mol. The zero-order valence-corrected chi connectivity index (χ0v) is 18.6. The van der Waals surface area contributed by atoms with Gasteiger partial charge in [0, 0.05) is 32.6 Å². The first-order valence-corrected chi connectivity index (χ1v) is 11.6. The molecule has 3 rings (SSSR count). The normalized spacial score (nSPS) is 15.9. The number of hydrogen-bond donors (Lipinski definition) is 0. The van der Waals surface area contributed by atoms with Crippen LogP contribution in [0.3, 0.4) is 0 Å². The number of amides is 1. The van der Waals surface area contributed by atoms with Crippen LogP contribution in [-0.4, -0.2) is 49.7 Å². The van der Waals surface area contributed by atoms with Crippen molar-refractivity contribution < 1.29 is 17.6 Å². The number of aryl methyl sites for hydroxylation is 1. The standard InChI is InChI=1S/C23H29FN2O3S/c1-23(2,3)19-11-8-18(9-12-19)10-13-22(27)25-14-16-26(17-15-25)30(28,29)21-7-5-4-6-20(21)24/h4-9,11-12H,10,13-17H2,1-3H3. The van der Waals surface area contributed by atoms with Crippen LogP contribution < -0.4 is 0 Å². The summed E-state index contributed by atoms with van der Waals surface area (Å²) in [6, 6.07) is 13.7. The van der Waals surface area contributed by atoms with Gasteiger partial charge in [-0.05, 0) is 35.1 Å². The van der Waals surface area contributed by atoms with E-state index in [9.17, 15) is 17.6 Å². The highest BCUT2D eigenvalue weighted by Crippen LogP contribution is 2.23. The van der Waals surface area contributed by atoms with Crippen LogP contribution in [0.2, 0.25) is 0 Å². The third-order valence-corrected chi connectivity index (χ3v) is 7.43. The summed E-state index contributed by atoms with van der Waals surface area (Å²) in [5, 5.41) is 0. The fraction of sp³-hybridized carbons (Fsp3) is 0.435. The molecule has 0 bridgehead atoms. The molecular formula is C23H29FN2O3S. The molecule has 0 unspecified atom stereocenters. The summed E-state index contributed by atoms with van der Waals surface area (Å²) in [7, 11) is -3.89. The zero-order valence-electron chi connectivity index (χ0n) is 17.8. The Morgan fingerprint density at radius 1 is 0.967 bits per heavy atom. The number of halogens is 1. The third kappa shape index (κ3) is 5.08. The first-order valence-electron chi connectivity index (χ1n) is 10.2. The summed E-state index contributed by atoms with van der Waals surface area (Å²) in [6.45, 7) is 7.46. The van der Waals surface area contributed by atoms with Crippen molar-refractivity contribution in [2.24, 2.45) is 0 Å². The smallest absolute Gasteiger partial charge is 0.246 e. The number of carbonyl (C=O) groups excluding carboxylic acids is 1. The monoisotopic (exact) mass is 432 g/mol. The van der Waals surface area contributed by atoms with Crippen LogP contribution in [0.4, 0.5) is 4.39 Å². The topological polar surface area (TPSA) is 57.7 Å². The SMILES string of the molecule is CC(C)(C)c1ccc(CCC(=O)N2CCN(S(=O)(=O)c3ccccc3F)CC2)cc1. The summed E-state index contributed by atoms with van der Waals surface area (Å²) in [5.74, 6) is -0.744. The molecule has 5 nitrogen and oxygen atoms in total. The summed E-state index contributed by atoms with van der Waals surface area (Å²) in [5.41, 5.74) is 2.46. The van der Waals surface area contributed by atoms with Crippen LogP contribution >= 0.6 is 0 Å². The molecule has 1 saturated heterocycles. The molecule has 1 fully saturated rings. The van der Waals surface area contributed by atoms with Gasteiger partial charge in [0.05, 0.1) is 0 Å². The van der Waals surface area contributed by atoms with Gasteiger partial charge in [-0.3, -0.25) is 4.79 Å². The van der Waals surface area contributed by atoms with Crippen molar-refractivity contribution in [3.8, 4) is 0 Å². The maximum Gasteiger partial charge on any atom is 0.246 e. The van der Waals surface area contributed by atoms with Crippen molar-refractivity contribution >= 4 is 15.9 Å². The first-order chi connectivity index (χ1) is 14.1. The van der Waals surface area contributed by atoms with Gasteiger partial charge in [0.1, 0.15) is 10.7 Å². The number of sulfonamides is 1. The Kier molecular flexibility index (Phi) is 6.62. The lowest BCUT2D eigenvalue weighted by molar-refractivity contribution is -0.132. The number of benzene rings is 2. The Hall–Kier alpha value is -2.25. The van der Waals surface area contributed by atoms with Crippen LogP contribution in [0, 0.1) is 5.82 Å². The van der Waals surface area contributed by atoms with Gasteiger partial charge in [0.25, 0.3) is 0 Å². The molecule has 162 valence electrons. The van der Waals surface area contributed by atoms with Crippen LogP contribution in [0.25, 0.3) is 0 Å². The van der Waals surface area contributed by atoms with E-state index in [1.165, 1.54) is 28.1 Å². The molecule has 0 aromatic heterocycles. The van der Waals surface area contributed by atoms with Gasteiger partial charge in [-0.2, -0.15) is 4.31 Å². The van der Waals surface area contributed by atoms with E-state index in [0.717, 1.165) is 11.6 Å². The van der Waals surface area contributed by atoms with E-state index >= 15 is 0 Å². The summed E-state index contributed by atoms with van der Waals surface area (Å²) in [6.07, 6.45) is 1.03. The van der Waals surface area contributed by atoms with Gasteiger partial charge < -0.3 is 4.90 Å². The van der Waals surface area contributed by atoms with Gasteiger partial charge in [0.15, 0.2) is 0 Å². The van der Waals surface area contributed by atoms with Crippen molar-refractivity contribution in [1.29, 1.82) is 0 Å². The highest BCUT2D eigenvalue weighted by molar-refractivity contribution is 7.89. The van der Waals surface area contributed by atoms with Gasteiger partial charge in [0.2, 0.25) is 15.9 Å². The number of nitrogens with zero attached hydrogens (tertiary/aromatic N) is 2. The van der Waals surface area contributed by atoms with Crippen LogP contribution in [0.1, 0.15) is 38.3 Å². The molecule has 1 aliphatic heterocycles. The number of carbonyl (C=O) groups is 1. The van der Waals surface area contributed by atoms with E-state index in [4.69, 9.17) is 0 Å². The maximum absolute atomic E-state index is 13.9. The van der Waals surface area contributed by atoms with Gasteiger partial charge in [-0.1, -0.05) is 57.2 Å². The zero-order chi connectivity index (χ0) is 21.9. The van der Waals surface area contributed by atoms with Crippen molar-refractivity contribution in [3.05, 3.63) is 65.5 Å². The lowest BCUT2D eigenvalue weighted by Crippen LogP contribution is -2.50. The molecule has 0 saturated carbocycles. The Balaban J connectivity index is 1.54. The number of piperazine rings is 1. The molecular weight excluding hydrogens is 403 g/mol. The second-order valence-electron chi connectivity index (χ2n) is 8.66. The minimum absolute atomic E-state index is 0.0119. The molecule has 2 aromatic carbocycles. The van der Waals surface area contributed by atoms with E-state index < -0.39 is 15.8 Å². The lowest BCUT2D eigenvalue weighted by Gasteiger charge is -2.34. The maximum atomic E-state index is 13.9. The molecule has 0 N–H and O–H groups in total. The molecule has 1 aliphatic rings. The molecule has 2 aromatic rings. The third-order valence-electron chi connectivity index (χ3n) is 5.49. The summed E-state index contributed by atoms with van der Waals surface area (Å²) < 4.78 is 40.5.